The molecular weight excluding hydrogens is 428 g/mol. The molecule has 6 nitrogen and oxygen atoms in total. The largest absolute Gasteiger partial charge is 0.493 e. The number of methoxy groups -OCH3 is 1. The second-order valence-electron chi connectivity index (χ2n) is 8.52. The number of hydrogen-bond acceptors (Lipinski definition) is 4. The van der Waals surface area contributed by atoms with Gasteiger partial charge in [0, 0.05) is 48.0 Å². The molecule has 7 heteroatoms. The van der Waals surface area contributed by atoms with Gasteiger partial charge in [0.15, 0.2) is 11.5 Å². The fourth-order valence-corrected chi connectivity index (χ4v) is 3.85. The van der Waals surface area contributed by atoms with Crippen LogP contribution in [0.3, 0.4) is 0 Å². The van der Waals surface area contributed by atoms with E-state index in [1.165, 1.54) is 0 Å². The third-order valence-corrected chi connectivity index (χ3v) is 5.79. The molecule has 0 atom stereocenters. The Bertz CT molecular complexity index is 1120. The lowest BCUT2D eigenvalue weighted by Gasteiger charge is -2.29. The smallest absolute Gasteiger partial charge is 0.274 e. The number of nitrogens with zero attached hydrogens (tertiary/aromatic N) is 2. The van der Waals surface area contributed by atoms with Gasteiger partial charge in [0.1, 0.15) is 5.69 Å². The van der Waals surface area contributed by atoms with Gasteiger partial charge in [0.25, 0.3) is 5.91 Å². The zero-order chi connectivity index (χ0) is 22.9. The molecule has 0 bridgehead atoms. The van der Waals surface area contributed by atoms with Crippen LogP contribution < -0.4 is 14.4 Å². The summed E-state index contributed by atoms with van der Waals surface area (Å²) in [7, 11) is 1.57. The van der Waals surface area contributed by atoms with Crippen molar-refractivity contribution in [3.8, 4) is 22.6 Å². The van der Waals surface area contributed by atoms with Crippen LogP contribution in [0.2, 0.25) is 5.02 Å². The minimum absolute atomic E-state index is 0.0609. The summed E-state index contributed by atoms with van der Waals surface area (Å²) in [6.07, 6.45) is 2.50. The van der Waals surface area contributed by atoms with Gasteiger partial charge in [-0.05, 0) is 49.7 Å². The Morgan fingerprint density at radius 1 is 1.03 bits per heavy atom. The molecule has 32 heavy (non-hydrogen) atoms. The summed E-state index contributed by atoms with van der Waals surface area (Å²) in [5, 5.41) is 10.6. The van der Waals surface area contributed by atoms with E-state index in [-0.39, 0.29) is 5.91 Å². The number of anilines is 1. The lowest BCUT2D eigenvalue weighted by atomic mass is 10.1. The monoisotopic (exact) mass is 454 g/mol. The SMILES string of the molecule is COc1cc(N2CCn3cc(-c4ccc(Cl)cc4)cc3C2=O)ccc1OCCC(C)(C)O. The summed E-state index contributed by atoms with van der Waals surface area (Å²) in [6.45, 7) is 5.10. The van der Waals surface area contributed by atoms with Gasteiger partial charge in [-0.25, -0.2) is 0 Å². The van der Waals surface area contributed by atoms with E-state index < -0.39 is 5.60 Å². The zero-order valence-corrected chi connectivity index (χ0v) is 19.2. The quantitative estimate of drug-likeness (QED) is 0.544. The third-order valence-electron chi connectivity index (χ3n) is 5.53. The molecule has 2 aromatic carbocycles. The summed E-state index contributed by atoms with van der Waals surface area (Å²) >= 11 is 6.00. The van der Waals surface area contributed by atoms with Crippen LogP contribution in [-0.4, -0.2) is 41.4 Å². The standard InChI is InChI=1S/C25H27ClN2O4/c1-25(2,30)10-13-32-22-9-8-20(15-23(22)31-3)28-12-11-27-16-18(14-21(27)24(28)29)17-4-6-19(26)7-5-17/h4-9,14-16,30H,10-13H2,1-3H3. The number of hydrogen-bond donors (Lipinski definition) is 1. The Morgan fingerprint density at radius 2 is 1.78 bits per heavy atom. The molecule has 1 N–H and O–H groups in total. The van der Waals surface area contributed by atoms with E-state index in [9.17, 15) is 9.90 Å². The number of fused-ring (bicyclic) bond motifs is 1. The number of carbonyl (C=O) groups excluding carboxylic acids is 1. The van der Waals surface area contributed by atoms with E-state index in [2.05, 4.69) is 0 Å². The Balaban J connectivity index is 1.54. The van der Waals surface area contributed by atoms with Crippen molar-refractivity contribution in [2.45, 2.75) is 32.4 Å². The van der Waals surface area contributed by atoms with Crippen LogP contribution in [-0.2, 0) is 6.54 Å². The van der Waals surface area contributed by atoms with Crippen LogP contribution in [0.1, 0.15) is 30.8 Å². The lowest BCUT2D eigenvalue weighted by molar-refractivity contribution is 0.0549. The molecule has 0 fully saturated rings. The number of halogens is 1. The summed E-state index contributed by atoms with van der Waals surface area (Å²) < 4.78 is 13.3. The maximum atomic E-state index is 13.3. The normalized spacial score (nSPS) is 13.8. The van der Waals surface area contributed by atoms with Crippen LogP contribution >= 0.6 is 11.6 Å². The molecule has 2 heterocycles. The van der Waals surface area contributed by atoms with Gasteiger partial charge in [-0.2, -0.15) is 0 Å². The topological polar surface area (TPSA) is 63.9 Å². The summed E-state index contributed by atoms with van der Waals surface area (Å²) in [5.74, 6) is 1.07. The molecular formula is C25H27ClN2O4. The van der Waals surface area contributed by atoms with Crippen LogP contribution in [0.25, 0.3) is 11.1 Å². The Morgan fingerprint density at radius 3 is 2.47 bits per heavy atom. The van der Waals surface area contributed by atoms with Gasteiger partial charge >= 0.3 is 0 Å². The molecule has 3 aromatic rings. The Labute approximate surface area is 192 Å². The van der Waals surface area contributed by atoms with Crippen molar-refractivity contribution in [3.63, 3.8) is 0 Å². The van der Waals surface area contributed by atoms with Gasteiger partial charge < -0.3 is 24.0 Å². The van der Waals surface area contributed by atoms with E-state index >= 15 is 0 Å². The van der Waals surface area contributed by atoms with E-state index in [1.807, 2.05) is 53.2 Å². The zero-order valence-electron chi connectivity index (χ0n) is 18.5. The number of aliphatic hydroxyl groups is 1. The van der Waals surface area contributed by atoms with Gasteiger partial charge in [0.2, 0.25) is 0 Å². The number of rotatable bonds is 7. The molecule has 1 aromatic heterocycles. The third kappa shape index (κ3) is 4.76. The van der Waals surface area contributed by atoms with E-state index in [0.29, 0.717) is 48.3 Å². The van der Waals surface area contributed by atoms with Gasteiger partial charge in [0.05, 0.1) is 19.3 Å². The highest BCUT2D eigenvalue weighted by Gasteiger charge is 2.27. The molecule has 0 aliphatic carbocycles. The maximum Gasteiger partial charge on any atom is 0.274 e. The lowest BCUT2D eigenvalue weighted by Crippen LogP contribution is -2.39. The van der Waals surface area contributed by atoms with E-state index in [0.717, 1.165) is 16.8 Å². The number of carbonyl (C=O) groups is 1. The predicted molar refractivity (Wildman–Crippen MR) is 126 cm³/mol. The van der Waals surface area contributed by atoms with E-state index in [4.69, 9.17) is 21.1 Å². The molecule has 1 aliphatic heterocycles. The maximum absolute atomic E-state index is 13.3. The molecule has 1 amide bonds. The molecule has 168 valence electrons. The van der Waals surface area contributed by atoms with Crippen molar-refractivity contribution in [2.75, 3.05) is 25.2 Å². The van der Waals surface area contributed by atoms with Crippen LogP contribution in [0.4, 0.5) is 5.69 Å². The number of ether oxygens (including phenoxy) is 2. The van der Waals surface area contributed by atoms with Gasteiger partial charge in [-0.1, -0.05) is 23.7 Å². The van der Waals surface area contributed by atoms with Crippen molar-refractivity contribution in [1.82, 2.24) is 4.57 Å². The van der Waals surface area contributed by atoms with Crippen molar-refractivity contribution in [3.05, 3.63) is 65.4 Å². The highest BCUT2D eigenvalue weighted by atomic mass is 35.5. The first-order chi connectivity index (χ1) is 15.2. The average Bonchev–Trinajstić information content (AvgIpc) is 3.19. The Hall–Kier alpha value is -2.96. The highest BCUT2D eigenvalue weighted by Crippen LogP contribution is 2.34. The average molecular weight is 455 g/mol. The summed E-state index contributed by atoms with van der Waals surface area (Å²) in [4.78, 5) is 15.0. The minimum atomic E-state index is -0.798. The fourth-order valence-electron chi connectivity index (χ4n) is 3.72. The van der Waals surface area contributed by atoms with Crippen molar-refractivity contribution < 1.29 is 19.4 Å². The second kappa shape index (κ2) is 8.88. The molecule has 0 unspecified atom stereocenters. The first-order valence-corrected chi connectivity index (χ1v) is 10.9. The summed E-state index contributed by atoms with van der Waals surface area (Å²) in [5.41, 5.74) is 2.60. The van der Waals surface area contributed by atoms with Crippen molar-refractivity contribution >= 4 is 23.2 Å². The molecule has 0 spiro atoms. The van der Waals surface area contributed by atoms with Crippen LogP contribution in [0.15, 0.2) is 54.7 Å². The highest BCUT2D eigenvalue weighted by molar-refractivity contribution is 6.30. The van der Waals surface area contributed by atoms with Crippen molar-refractivity contribution in [1.29, 1.82) is 0 Å². The van der Waals surface area contributed by atoms with Crippen LogP contribution in [0, 0.1) is 0 Å². The number of aromatic nitrogens is 1. The Kier molecular flexibility index (Phi) is 6.17. The number of amides is 1. The predicted octanol–water partition coefficient (Wildman–Crippen LogP) is 5.02. The molecule has 1 aliphatic rings. The van der Waals surface area contributed by atoms with Crippen LogP contribution in [0.5, 0.6) is 11.5 Å². The first kappa shape index (κ1) is 22.2. The first-order valence-electron chi connectivity index (χ1n) is 10.6. The molecule has 0 saturated heterocycles. The van der Waals surface area contributed by atoms with Crippen molar-refractivity contribution in [2.24, 2.45) is 0 Å². The number of benzene rings is 2. The second-order valence-corrected chi connectivity index (χ2v) is 8.95. The molecule has 4 rings (SSSR count). The minimum Gasteiger partial charge on any atom is -0.493 e. The molecule has 0 saturated carbocycles. The molecule has 0 radical (unpaired) electrons. The van der Waals surface area contributed by atoms with Gasteiger partial charge in [-0.3, -0.25) is 4.79 Å². The fraction of sp³-hybridized carbons (Fsp3) is 0.320. The van der Waals surface area contributed by atoms with E-state index in [1.54, 1.807) is 31.9 Å². The van der Waals surface area contributed by atoms with Gasteiger partial charge in [-0.15, -0.1) is 0 Å². The summed E-state index contributed by atoms with van der Waals surface area (Å²) in [6, 6.07) is 15.0.